The number of benzene rings is 1. The lowest BCUT2D eigenvalue weighted by atomic mass is 10.1. The number of aliphatic imine (C=N–C) groups is 1. The summed E-state index contributed by atoms with van der Waals surface area (Å²) in [4.78, 5) is 38.3. The molecule has 190 valence electrons. The van der Waals surface area contributed by atoms with Gasteiger partial charge in [-0.25, -0.2) is 4.79 Å². The summed E-state index contributed by atoms with van der Waals surface area (Å²) in [6.07, 6.45) is 6.84. The first kappa shape index (κ1) is 26.7. The highest BCUT2D eigenvalue weighted by Crippen LogP contribution is 2.18. The number of hydrogen-bond donors (Lipinski definition) is 2. The molecule has 0 bridgehead atoms. The van der Waals surface area contributed by atoms with Gasteiger partial charge in [0.2, 0.25) is 0 Å². The van der Waals surface area contributed by atoms with Crippen LogP contribution in [0.4, 0.5) is 4.79 Å². The Balaban J connectivity index is 1.69. The van der Waals surface area contributed by atoms with E-state index < -0.39 is 6.09 Å². The van der Waals surface area contributed by atoms with Crippen molar-refractivity contribution >= 4 is 17.8 Å². The molecule has 36 heavy (non-hydrogen) atoms. The molecule has 2 heterocycles. The van der Waals surface area contributed by atoms with Gasteiger partial charge in [0, 0.05) is 42.4 Å². The van der Waals surface area contributed by atoms with Gasteiger partial charge < -0.3 is 20.4 Å². The van der Waals surface area contributed by atoms with Crippen LogP contribution in [0, 0.1) is 13.8 Å². The van der Waals surface area contributed by atoms with E-state index >= 15 is 0 Å². The van der Waals surface area contributed by atoms with Gasteiger partial charge in [0.05, 0.1) is 12.2 Å². The molecule has 0 aliphatic carbocycles. The second-order valence-electron chi connectivity index (χ2n) is 8.88. The van der Waals surface area contributed by atoms with Crippen LogP contribution in [0.2, 0.25) is 0 Å². The van der Waals surface area contributed by atoms with E-state index in [1.807, 2.05) is 44.2 Å². The number of hydrogen-bond acceptors (Lipinski definition) is 4. The zero-order valence-corrected chi connectivity index (χ0v) is 21.3. The van der Waals surface area contributed by atoms with E-state index in [9.17, 15) is 9.59 Å². The van der Waals surface area contributed by atoms with Crippen molar-refractivity contribution in [3.05, 3.63) is 88.5 Å². The third-order valence-electron chi connectivity index (χ3n) is 5.85. The van der Waals surface area contributed by atoms with Crippen molar-refractivity contribution in [3.63, 3.8) is 0 Å². The molecule has 3 N–H and O–H groups in total. The van der Waals surface area contributed by atoms with Crippen molar-refractivity contribution < 1.29 is 14.3 Å². The summed E-state index contributed by atoms with van der Waals surface area (Å²) in [6.45, 7) is 7.16. The number of pyridine rings is 1. The van der Waals surface area contributed by atoms with Crippen LogP contribution in [0.1, 0.15) is 71.0 Å². The third kappa shape index (κ3) is 7.80. The van der Waals surface area contributed by atoms with E-state index in [0.717, 1.165) is 48.2 Å². The molecule has 8 heteroatoms. The van der Waals surface area contributed by atoms with Gasteiger partial charge in [0.15, 0.2) is 0 Å². The molecule has 0 fully saturated rings. The molecule has 1 aromatic carbocycles. The number of nitrogens with zero attached hydrogens (tertiary/aromatic N) is 3. The van der Waals surface area contributed by atoms with Gasteiger partial charge in [0.25, 0.3) is 5.91 Å². The number of carbonyl (C=O) groups excluding carboxylic acids is 2. The predicted molar refractivity (Wildman–Crippen MR) is 141 cm³/mol. The lowest BCUT2D eigenvalue weighted by Gasteiger charge is -2.23. The molecular formula is C28H35N5O3. The second kappa shape index (κ2) is 13.2. The first-order valence-corrected chi connectivity index (χ1v) is 12.3. The topological polar surface area (TPSA) is 114 Å². The number of amides is 2. The highest BCUT2D eigenvalue weighted by molar-refractivity contribution is 6.02. The number of carbonyl (C=O) groups is 2. The Morgan fingerprint density at radius 2 is 1.67 bits per heavy atom. The quantitative estimate of drug-likeness (QED) is 0.216. The van der Waals surface area contributed by atoms with E-state index in [0.29, 0.717) is 30.8 Å². The van der Waals surface area contributed by atoms with Gasteiger partial charge in [-0.15, -0.1) is 0 Å². The maximum Gasteiger partial charge on any atom is 0.435 e. The SMILES string of the molecule is CCCCCCOC(=O)N=C(N)c1ccc(CN(Cc2ccncc2)C(=O)c2cc(C)[nH]c2C)cc1. The van der Waals surface area contributed by atoms with Gasteiger partial charge in [-0.1, -0.05) is 50.5 Å². The molecule has 2 aromatic heterocycles. The molecule has 3 rings (SSSR count). The molecular weight excluding hydrogens is 454 g/mol. The van der Waals surface area contributed by atoms with Crippen molar-refractivity contribution in [2.45, 2.75) is 59.5 Å². The fourth-order valence-electron chi connectivity index (χ4n) is 3.91. The summed E-state index contributed by atoms with van der Waals surface area (Å²) in [7, 11) is 0. The lowest BCUT2D eigenvalue weighted by molar-refractivity contribution is 0.0729. The molecule has 0 spiro atoms. The number of rotatable bonds is 11. The molecule has 0 radical (unpaired) electrons. The number of ether oxygens (including phenoxy) is 1. The van der Waals surface area contributed by atoms with E-state index in [4.69, 9.17) is 10.5 Å². The predicted octanol–water partition coefficient (Wildman–Crippen LogP) is 5.29. The number of nitrogens with one attached hydrogen (secondary N) is 1. The Labute approximate surface area is 212 Å². The maximum atomic E-state index is 13.4. The summed E-state index contributed by atoms with van der Waals surface area (Å²) >= 11 is 0. The van der Waals surface area contributed by atoms with E-state index in [1.165, 1.54) is 0 Å². The largest absolute Gasteiger partial charge is 0.448 e. The Morgan fingerprint density at radius 3 is 2.28 bits per heavy atom. The first-order chi connectivity index (χ1) is 17.4. The fourth-order valence-corrected chi connectivity index (χ4v) is 3.91. The van der Waals surface area contributed by atoms with Crippen LogP contribution in [0.3, 0.4) is 0 Å². The van der Waals surface area contributed by atoms with Gasteiger partial charge >= 0.3 is 6.09 Å². The van der Waals surface area contributed by atoms with Gasteiger partial charge in [-0.05, 0) is 49.6 Å². The van der Waals surface area contributed by atoms with E-state index in [-0.39, 0.29) is 11.7 Å². The first-order valence-electron chi connectivity index (χ1n) is 12.3. The number of aromatic amines is 1. The number of amidine groups is 1. The van der Waals surface area contributed by atoms with Gasteiger partial charge in [-0.3, -0.25) is 9.78 Å². The zero-order valence-electron chi connectivity index (χ0n) is 21.3. The summed E-state index contributed by atoms with van der Waals surface area (Å²) < 4.78 is 5.14. The number of H-pyrrole nitrogens is 1. The number of nitrogens with two attached hydrogens (primary N) is 1. The van der Waals surface area contributed by atoms with Crippen LogP contribution >= 0.6 is 0 Å². The molecule has 3 aromatic rings. The fraction of sp³-hybridized carbons (Fsp3) is 0.357. The number of unbranched alkanes of at least 4 members (excludes halogenated alkanes) is 3. The van der Waals surface area contributed by atoms with E-state index in [1.54, 1.807) is 29.4 Å². The molecule has 8 nitrogen and oxygen atoms in total. The average Bonchev–Trinajstić information content (AvgIpc) is 3.21. The van der Waals surface area contributed by atoms with Crippen molar-refractivity contribution in [1.82, 2.24) is 14.9 Å². The van der Waals surface area contributed by atoms with Crippen molar-refractivity contribution in [2.24, 2.45) is 10.7 Å². The normalized spacial score (nSPS) is 11.4. The smallest absolute Gasteiger partial charge is 0.435 e. The average molecular weight is 490 g/mol. The maximum absolute atomic E-state index is 13.4. The highest BCUT2D eigenvalue weighted by Gasteiger charge is 2.20. The lowest BCUT2D eigenvalue weighted by Crippen LogP contribution is -2.30. The summed E-state index contributed by atoms with van der Waals surface area (Å²) in [6, 6.07) is 13.0. The molecule has 0 aliphatic heterocycles. The molecule has 0 atom stereocenters. The minimum Gasteiger partial charge on any atom is -0.448 e. The summed E-state index contributed by atoms with van der Waals surface area (Å²) in [5, 5.41) is 0. The Bertz CT molecular complexity index is 1170. The highest BCUT2D eigenvalue weighted by atomic mass is 16.5. The zero-order chi connectivity index (χ0) is 25.9. The monoisotopic (exact) mass is 489 g/mol. The Kier molecular flexibility index (Phi) is 9.80. The molecule has 0 saturated carbocycles. The van der Waals surface area contributed by atoms with Crippen LogP contribution in [0.5, 0.6) is 0 Å². The van der Waals surface area contributed by atoms with Crippen molar-refractivity contribution in [3.8, 4) is 0 Å². The molecule has 0 saturated heterocycles. The Hall–Kier alpha value is -3.94. The van der Waals surface area contributed by atoms with Crippen LogP contribution in [-0.2, 0) is 17.8 Å². The Morgan fingerprint density at radius 1 is 1.00 bits per heavy atom. The van der Waals surface area contributed by atoms with Crippen LogP contribution < -0.4 is 5.73 Å². The second-order valence-corrected chi connectivity index (χ2v) is 8.88. The summed E-state index contributed by atoms with van der Waals surface area (Å²) in [5.74, 6) is 0.0451. The standard InChI is InChI=1S/C28H35N5O3/c1-4-5-6-7-16-36-28(35)32-26(29)24-10-8-22(9-11-24)18-33(19-23-12-14-30-15-13-23)27(34)25-17-20(2)31-21(25)3/h8-15,17,31H,4-7,16,18-19H2,1-3H3,(H2,29,32,35). The van der Waals surface area contributed by atoms with E-state index in [2.05, 4.69) is 21.9 Å². The third-order valence-corrected chi connectivity index (χ3v) is 5.85. The van der Waals surface area contributed by atoms with Gasteiger partial charge in [-0.2, -0.15) is 4.99 Å². The van der Waals surface area contributed by atoms with Crippen LogP contribution in [0.25, 0.3) is 0 Å². The minimum atomic E-state index is -0.681. The van der Waals surface area contributed by atoms with Crippen molar-refractivity contribution in [2.75, 3.05) is 6.61 Å². The molecule has 2 amide bonds. The van der Waals surface area contributed by atoms with Crippen molar-refractivity contribution in [1.29, 1.82) is 0 Å². The van der Waals surface area contributed by atoms with Crippen LogP contribution in [-0.4, -0.2) is 39.3 Å². The minimum absolute atomic E-state index is 0.0551. The van der Waals surface area contributed by atoms with Gasteiger partial charge in [0.1, 0.15) is 5.84 Å². The summed E-state index contributed by atoms with van der Waals surface area (Å²) in [5.41, 5.74) is 11.0. The number of aromatic nitrogens is 2. The van der Waals surface area contributed by atoms with Crippen LogP contribution in [0.15, 0.2) is 59.9 Å². The molecule has 0 aliphatic rings. The molecule has 0 unspecified atom stereocenters. The number of aryl methyl sites for hydroxylation is 2.